The first-order chi connectivity index (χ1) is 14.3. The lowest BCUT2D eigenvalue weighted by molar-refractivity contribution is -0.137. The van der Waals surface area contributed by atoms with Crippen LogP contribution in [0.3, 0.4) is 0 Å². The van der Waals surface area contributed by atoms with Gasteiger partial charge in [-0.15, -0.1) is 0 Å². The first-order valence-corrected chi connectivity index (χ1v) is 9.78. The van der Waals surface area contributed by atoms with Crippen molar-refractivity contribution in [3.8, 4) is 0 Å². The minimum Gasteiger partial charge on any atom is -0.368 e. The maximum absolute atomic E-state index is 13.3. The summed E-state index contributed by atoms with van der Waals surface area (Å²) in [5, 5.41) is 0.553. The summed E-state index contributed by atoms with van der Waals surface area (Å²) in [5.41, 5.74) is 0.713. The van der Waals surface area contributed by atoms with Crippen molar-refractivity contribution in [2.24, 2.45) is 0 Å². The van der Waals surface area contributed by atoms with E-state index >= 15 is 0 Å². The first-order valence-electron chi connectivity index (χ1n) is 9.78. The smallest absolute Gasteiger partial charge is 0.368 e. The maximum Gasteiger partial charge on any atom is 0.419 e. The van der Waals surface area contributed by atoms with Crippen molar-refractivity contribution in [1.29, 1.82) is 0 Å². The number of hydrogen-bond donors (Lipinski definition) is 0. The fourth-order valence-electron chi connectivity index (χ4n) is 3.73. The minimum atomic E-state index is -4.44. The number of fused-ring (bicyclic) bond motifs is 1. The fourth-order valence-corrected chi connectivity index (χ4v) is 3.73. The molecule has 1 fully saturated rings. The van der Waals surface area contributed by atoms with E-state index in [1.54, 1.807) is 21.9 Å². The van der Waals surface area contributed by atoms with Crippen LogP contribution in [0.25, 0.3) is 10.9 Å². The molecule has 1 aliphatic heterocycles. The number of pyridine rings is 1. The normalized spacial score (nSPS) is 15.3. The molecule has 3 heterocycles. The van der Waals surface area contributed by atoms with Gasteiger partial charge in [0, 0.05) is 44.1 Å². The van der Waals surface area contributed by atoms with E-state index in [1.165, 1.54) is 12.3 Å². The predicted molar refractivity (Wildman–Crippen MR) is 110 cm³/mol. The van der Waals surface area contributed by atoms with Gasteiger partial charge in [0.15, 0.2) is 0 Å². The van der Waals surface area contributed by atoms with Crippen LogP contribution in [0.15, 0.2) is 47.7 Å². The third kappa shape index (κ3) is 3.71. The van der Waals surface area contributed by atoms with Gasteiger partial charge in [0.1, 0.15) is 5.82 Å². The number of anilines is 2. The van der Waals surface area contributed by atoms with Crippen LogP contribution in [0.4, 0.5) is 24.7 Å². The van der Waals surface area contributed by atoms with Crippen molar-refractivity contribution in [3.63, 3.8) is 0 Å². The van der Waals surface area contributed by atoms with E-state index < -0.39 is 11.7 Å². The Morgan fingerprint density at radius 2 is 1.70 bits per heavy atom. The van der Waals surface area contributed by atoms with Crippen LogP contribution < -0.4 is 15.4 Å². The number of rotatable bonds is 3. The summed E-state index contributed by atoms with van der Waals surface area (Å²) in [4.78, 5) is 24.7. The number of benzene rings is 1. The van der Waals surface area contributed by atoms with Crippen molar-refractivity contribution in [2.45, 2.75) is 26.1 Å². The van der Waals surface area contributed by atoms with Gasteiger partial charge in [0.25, 0.3) is 5.56 Å². The lowest BCUT2D eigenvalue weighted by Crippen LogP contribution is -2.47. The van der Waals surface area contributed by atoms with Crippen molar-refractivity contribution in [3.05, 3.63) is 58.8 Å². The third-order valence-corrected chi connectivity index (χ3v) is 5.36. The van der Waals surface area contributed by atoms with E-state index in [-0.39, 0.29) is 17.4 Å². The second-order valence-electron chi connectivity index (χ2n) is 7.60. The van der Waals surface area contributed by atoms with E-state index in [4.69, 9.17) is 0 Å². The molecule has 4 rings (SSSR count). The molecule has 9 heteroatoms. The highest BCUT2D eigenvalue weighted by Gasteiger charge is 2.36. The molecule has 1 saturated heterocycles. The molecule has 0 aliphatic carbocycles. The Bertz CT molecular complexity index is 1120. The Morgan fingerprint density at radius 1 is 1.00 bits per heavy atom. The minimum absolute atomic E-state index is 0.0235. The van der Waals surface area contributed by atoms with Crippen LogP contribution >= 0.6 is 0 Å². The summed E-state index contributed by atoms with van der Waals surface area (Å²) >= 11 is 0. The van der Waals surface area contributed by atoms with E-state index in [1.807, 2.05) is 26.0 Å². The Labute approximate surface area is 171 Å². The summed E-state index contributed by atoms with van der Waals surface area (Å²) in [6, 6.07) is 7.89. The van der Waals surface area contributed by atoms with E-state index in [9.17, 15) is 18.0 Å². The van der Waals surface area contributed by atoms with Crippen LogP contribution in [-0.2, 0) is 6.18 Å². The molecule has 6 nitrogen and oxygen atoms in total. The van der Waals surface area contributed by atoms with E-state index in [0.717, 1.165) is 11.8 Å². The number of aromatic nitrogens is 3. The number of alkyl halides is 3. The van der Waals surface area contributed by atoms with E-state index in [0.29, 0.717) is 37.1 Å². The van der Waals surface area contributed by atoms with Gasteiger partial charge in [-0.05, 0) is 44.2 Å². The summed E-state index contributed by atoms with van der Waals surface area (Å²) < 4.78 is 41.5. The Balaban J connectivity index is 1.54. The number of halogens is 3. The van der Waals surface area contributed by atoms with Gasteiger partial charge < -0.3 is 9.80 Å². The Kier molecular flexibility index (Phi) is 5.13. The largest absolute Gasteiger partial charge is 0.419 e. The molecule has 158 valence electrons. The number of hydrogen-bond acceptors (Lipinski definition) is 5. The predicted octanol–water partition coefficient (Wildman–Crippen LogP) is 3.72. The van der Waals surface area contributed by atoms with Crippen LogP contribution in [0.5, 0.6) is 0 Å². The zero-order valence-electron chi connectivity index (χ0n) is 16.7. The van der Waals surface area contributed by atoms with Gasteiger partial charge in [-0.1, -0.05) is 0 Å². The van der Waals surface area contributed by atoms with Crippen molar-refractivity contribution >= 4 is 22.4 Å². The summed E-state index contributed by atoms with van der Waals surface area (Å²) in [7, 11) is 0. The highest BCUT2D eigenvalue weighted by molar-refractivity contribution is 5.81. The lowest BCUT2D eigenvalue weighted by Gasteiger charge is -2.37. The molecule has 0 unspecified atom stereocenters. The van der Waals surface area contributed by atoms with Crippen LogP contribution in [0.2, 0.25) is 0 Å². The quantitative estimate of drug-likeness (QED) is 0.650. The van der Waals surface area contributed by atoms with Gasteiger partial charge in [0.2, 0.25) is 0 Å². The molecule has 2 aromatic heterocycles. The van der Waals surface area contributed by atoms with Crippen LogP contribution in [0.1, 0.15) is 25.5 Å². The molecule has 0 N–H and O–H groups in total. The second kappa shape index (κ2) is 7.62. The lowest BCUT2D eigenvalue weighted by atomic mass is 10.1. The molecule has 0 radical (unpaired) electrons. The second-order valence-corrected chi connectivity index (χ2v) is 7.60. The molecule has 0 saturated carbocycles. The molecule has 3 aromatic rings. The van der Waals surface area contributed by atoms with Gasteiger partial charge >= 0.3 is 6.18 Å². The highest BCUT2D eigenvalue weighted by atomic mass is 19.4. The summed E-state index contributed by atoms with van der Waals surface area (Å²) in [5.74, 6) is -0.0286. The van der Waals surface area contributed by atoms with Crippen molar-refractivity contribution < 1.29 is 13.2 Å². The molecule has 0 amide bonds. The van der Waals surface area contributed by atoms with Crippen molar-refractivity contribution in [2.75, 3.05) is 36.0 Å². The number of piperazine rings is 1. The fraction of sp³-hybridized carbons (Fsp3) is 0.381. The van der Waals surface area contributed by atoms with Crippen molar-refractivity contribution in [1.82, 2.24) is 14.5 Å². The molecule has 0 spiro atoms. The molecular weight excluding hydrogens is 395 g/mol. The third-order valence-electron chi connectivity index (χ3n) is 5.36. The molecule has 30 heavy (non-hydrogen) atoms. The molecule has 1 aliphatic rings. The van der Waals surface area contributed by atoms with Gasteiger partial charge in [0.05, 0.1) is 22.8 Å². The molecule has 1 aromatic carbocycles. The maximum atomic E-state index is 13.3. The zero-order chi connectivity index (χ0) is 21.5. The number of nitrogens with zero attached hydrogens (tertiary/aromatic N) is 5. The van der Waals surface area contributed by atoms with Crippen LogP contribution in [0, 0.1) is 0 Å². The summed E-state index contributed by atoms with van der Waals surface area (Å²) in [6.07, 6.45) is -1.50. The van der Waals surface area contributed by atoms with Gasteiger partial charge in [-0.2, -0.15) is 13.2 Å². The molecule has 0 atom stereocenters. The molecule has 0 bridgehead atoms. The highest BCUT2D eigenvalue weighted by Crippen LogP contribution is 2.35. The average Bonchev–Trinajstić information content (AvgIpc) is 2.73. The first kappa shape index (κ1) is 20.2. The molecular formula is C21H22F3N5O. The summed E-state index contributed by atoms with van der Waals surface area (Å²) in [6.45, 7) is 5.77. The SMILES string of the molecule is CC(C)n1cnc2cc(N3CCN(c4ncccc4C(F)(F)F)CC3)ccc2c1=O. The topological polar surface area (TPSA) is 54.3 Å². The Hall–Kier alpha value is -3.10. The zero-order valence-corrected chi connectivity index (χ0v) is 16.7. The van der Waals surface area contributed by atoms with E-state index in [2.05, 4.69) is 14.9 Å². The van der Waals surface area contributed by atoms with Crippen LogP contribution in [-0.4, -0.2) is 40.7 Å². The van der Waals surface area contributed by atoms with Gasteiger partial charge in [-0.25, -0.2) is 9.97 Å². The monoisotopic (exact) mass is 417 g/mol. The average molecular weight is 417 g/mol. The van der Waals surface area contributed by atoms with Gasteiger partial charge in [-0.3, -0.25) is 9.36 Å². The standard InChI is InChI=1S/C21H22F3N5O/c1-14(2)29-13-26-18-12-15(5-6-16(18)20(29)30)27-8-10-28(11-9-27)19-17(21(22,23)24)4-3-7-25-19/h3-7,12-14H,8-11H2,1-2H3. The Morgan fingerprint density at radius 3 is 2.37 bits per heavy atom.